The molecule has 2 amide bonds. The zero-order valence-electron chi connectivity index (χ0n) is 17.5. The Morgan fingerprint density at radius 3 is 2.22 bits per heavy atom. The second kappa shape index (κ2) is 8.75. The maximum Gasteiger partial charge on any atom is 0.407 e. The van der Waals surface area contributed by atoms with Gasteiger partial charge < -0.3 is 20.1 Å². The number of rotatable bonds is 8. The molecule has 2 aliphatic carbocycles. The van der Waals surface area contributed by atoms with Crippen LogP contribution in [0.1, 0.15) is 29.9 Å². The molecule has 0 aromatic heterocycles. The highest BCUT2D eigenvalue weighted by Gasteiger charge is 2.52. The summed E-state index contributed by atoms with van der Waals surface area (Å²) in [5, 5.41) is 11.7. The van der Waals surface area contributed by atoms with Crippen molar-refractivity contribution in [1.82, 2.24) is 10.2 Å². The van der Waals surface area contributed by atoms with Crippen LogP contribution in [0.15, 0.2) is 48.5 Å². The third-order valence-corrected chi connectivity index (χ3v) is 6.12. The van der Waals surface area contributed by atoms with Gasteiger partial charge in [0.15, 0.2) is 0 Å². The van der Waals surface area contributed by atoms with E-state index in [2.05, 4.69) is 23.4 Å². The summed E-state index contributed by atoms with van der Waals surface area (Å²) in [6, 6.07) is 16.1. The van der Waals surface area contributed by atoms with Gasteiger partial charge in [-0.1, -0.05) is 54.5 Å². The van der Waals surface area contributed by atoms with Crippen LogP contribution in [0.25, 0.3) is 11.1 Å². The molecular formula is C25H24N2O5. The number of carboxylic acid groups (broad SMARTS) is 1. The Labute approximate surface area is 186 Å². The van der Waals surface area contributed by atoms with Crippen LogP contribution in [-0.2, 0) is 14.3 Å². The number of alkyl carbamates (subject to hydrolysis) is 1. The van der Waals surface area contributed by atoms with E-state index in [1.165, 1.54) is 0 Å². The summed E-state index contributed by atoms with van der Waals surface area (Å²) in [6.07, 6.45) is 5.80. The summed E-state index contributed by atoms with van der Waals surface area (Å²) in [6.45, 7) is -0.278. The molecular weight excluding hydrogens is 408 g/mol. The van der Waals surface area contributed by atoms with E-state index in [-0.39, 0.29) is 31.5 Å². The van der Waals surface area contributed by atoms with E-state index in [1.54, 1.807) is 0 Å². The first kappa shape index (κ1) is 21.4. The maximum atomic E-state index is 12.8. The molecule has 0 bridgehead atoms. The van der Waals surface area contributed by atoms with Gasteiger partial charge in [0.1, 0.15) is 13.2 Å². The second-order valence-electron chi connectivity index (χ2n) is 8.22. The standard InChI is InChI=1S/C25H24N2O5/c1-2-13-27(14-22(28)29)23(30)25(11-12-25)16-26-24(31)32-15-21-19-9-5-3-7-17(19)18-8-4-6-10-20(18)21/h1,3-10,21H,11-16H2,(H,26,31)(H,28,29). The first-order chi connectivity index (χ1) is 15.4. The fourth-order valence-corrected chi connectivity index (χ4v) is 4.32. The van der Waals surface area contributed by atoms with Crippen molar-refractivity contribution < 1.29 is 24.2 Å². The summed E-state index contributed by atoms with van der Waals surface area (Å²) >= 11 is 0. The van der Waals surface area contributed by atoms with Crippen LogP contribution in [-0.4, -0.2) is 54.2 Å². The number of hydrogen-bond donors (Lipinski definition) is 2. The third kappa shape index (κ3) is 4.17. The number of terminal acetylenes is 1. The largest absolute Gasteiger partial charge is 0.480 e. The number of benzene rings is 2. The van der Waals surface area contributed by atoms with Gasteiger partial charge in [0.2, 0.25) is 5.91 Å². The van der Waals surface area contributed by atoms with Crippen molar-refractivity contribution in [2.45, 2.75) is 18.8 Å². The highest BCUT2D eigenvalue weighted by Crippen LogP contribution is 2.47. The van der Waals surface area contributed by atoms with Gasteiger partial charge in [-0.2, -0.15) is 0 Å². The number of nitrogens with one attached hydrogen (secondary N) is 1. The summed E-state index contributed by atoms with van der Waals surface area (Å²) in [7, 11) is 0. The Hall–Kier alpha value is -3.79. The summed E-state index contributed by atoms with van der Waals surface area (Å²) in [5.41, 5.74) is 3.72. The highest BCUT2D eigenvalue weighted by atomic mass is 16.5. The number of carbonyl (C=O) groups is 3. The minimum absolute atomic E-state index is 0.0497. The number of carboxylic acids is 1. The average Bonchev–Trinajstić information content (AvgIpc) is 3.52. The Morgan fingerprint density at radius 1 is 1.09 bits per heavy atom. The quantitative estimate of drug-likeness (QED) is 0.626. The van der Waals surface area contributed by atoms with Gasteiger partial charge >= 0.3 is 12.1 Å². The first-order valence-electron chi connectivity index (χ1n) is 10.5. The number of amides is 2. The number of hydrogen-bond acceptors (Lipinski definition) is 4. The van der Waals surface area contributed by atoms with E-state index in [1.807, 2.05) is 36.4 Å². The molecule has 32 heavy (non-hydrogen) atoms. The van der Waals surface area contributed by atoms with Crippen LogP contribution >= 0.6 is 0 Å². The monoisotopic (exact) mass is 432 g/mol. The number of nitrogens with zero attached hydrogens (tertiary/aromatic N) is 1. The van der Waals surface area contributed by atoms with E-state index >= 15 is 0 Å². The molecule has 1 saturated carbocycles. The fourth-order valence-electron chi connectivity index (χ4n) is 4.32. The van der Waals surface area contributed by atoms with E-state index in [0.29, 0.717) is 12.8 Å². The number of fused-ring (bicyclic) bond motifs is 3. The lowest BCUT2D eigenvalue weighted by molar-refractivity contribution is -0.146. The minimum atomic E-state index is -1.13. The molecule has 2 N–H and O–H groups in total. The molecule has 0 heterocycles. The van der Waals surface area contributed by atoms with Gasteiger partial charge in [-0.05, 0) is 35.1 Å². The van der Waals surface area contributed by atoms with Crippen LogP contribution in [0, 0.1) is 17.8 Å². The smallest absolute Gasteiger partial charge is 0.407 e. The zero-order chi connectivity index (χ0) is 22.7. The molecule has 2 aromatic rings. The Bertz CT molecular complexity index is 1050. The molecule has 7 nitrogen and oxygen atoms in total. The lowest BCUT2D eigenvalue weighted by atomic mass is 9.98. The zero-order valence-corrected chi connectivity index (χ0v) is 17.5. The van der Waals surface area contributed by atoms with E-state index < -0.39 is 24.0 Å². The van der Waals surface area contributed by atoms with Crippen molar-refractivity contribution in [2.75, 3.05) is 26.2 Å². The average molecular weight is 432 g/mol. The van der Waals surface area contributed by atoms with E-state index in [4.69, 9.17) is 16.3 Å². The molecule has 1 fully saturated rings. The minimum Gasteiger partial charge on any atom is -0.480 e. The normalized spacial score (nSPS) is 15.1. The Kier molecular flexibility index (Phi) is 5.87. The molecule has 0 spiro atoms. The molecule has 2 aromatic carbocycles. The van der Waals surface area contributed by atoms with Crippen molar-refractivity contribution in [3.63, 3.8) is 0 Å². The summed E-state index contributed by atoms with van der Waals surface area (Å²) in [4.78, 5) is 37.4. The Morgan fingerprint density at radius 2 is 1.69 bits per heavy atom. The van der Waals surface area contributed by atoms with Gasteiger partial charge in [0.25, 0.3) is 0 Å². The van der Waals surface area contributed by atoms with Gasteiger partial charge in [0, 0.05) is 12.5 Å². The van der Waals surface area contributed by atoms with Crippen LogP contribution in [0.3, 0.4) is 0 Å². The summed E-state index contributed by atoms with van der Waals surface area (Å²) in [5.74, 6) is 0.786. The van der Waals surface area contributed by atoms with E-state index in [9.17, 15) is 14.4 Å². The van der Waals surface area contributed by atoms with E-state index in [0.717, 1.165) is 27.2 Å². The summed E-state index contributed by atoms with van der Waals surface area (Å²) < 4.78 is 5.51. The SMILES string of the molecule is C#CCN(CC(=O)O)C(=O)C1(CNC(=O)OCC2c3ccccc3-c3ccccc32)CC1. The molecule has 4 rings (SSSR count). The first-order valence-corrected chi connectivity index (χ1v) is 10.5. The predicted molar refractivity (Wildman–Crippen MR) is 118 cm³/mol. The molecule has 0 radical (unpaired) electrons. The van der Waals surface area contributed by atoms with Crippen LogP contribution in [0.4, 0.5) is 4.79 Å². The van der Waals surface area contributed by atoms with Crippen molar-refractivity contribution in [3.8, 4) is 23.5 Å². The lowest BCUT2D eigenvalue weighted by Crippen LogP contribution is -2.45. The van der Waals surface area contributed by atoms with Gasteiger partial charge in [-0.15, -0.1) is 6.42 Å². The van der Waals surface area contributed by atoms with Crippen molar-refractivity contribution in [1.29, 1.82) is 0 Å². The predicted octanol–water partition coefficient (Wildman–Crippen LogP) is 2.85. The van der Waals surface area contributed by atoms with Crippen LogP contribution < -0.4 is 5.32 Å². The molecule has 2 aliphatic rings. The number of ether oxygens (including phenoxy) is 1. The third-order valence-electron chi connectivity index (χ3n) is 6.12. The van der Waals surface area contributed by atoms with Gasteiger partial charge in [0.05, 0.1) is 12.0 Å². The topological polar surface area (TPSA) is 95.9 Å². The number of carbonyl (C=O) groups excluding carboxylic acids is 2. The molecule has 0 saturated heterocycles. The highest BCUT2D eigenvalue weighted by molar-refractivity contribution is 5.89. The van der Waals surface area contributed by atoms with Crippen molar-refractivity contribution in [2.24, 2.45) is 5.41 Å². The molecule has 0 aliphatic heterocycles. The maximum absolute atomic E-state index is 12.8. The lowest BCUT2D eigenvalue weighted by Gasteiger charge is -2.24. The van der Waals surface area contributed by atoms with Gasteiger partial charge in [-0.3, -0.25) is 9.59 Å². The molecule has 7 heteroatoms. The Balaban J connectivity index is 1.36. The number of aliphatic carboxylic acids is 1. The molecule has 0 atom stereocenters. The molecule has 164 valence electrons. The van der Waals surface area contributed by atoms with Crippen LogP contribution in [0.5, 0.6) is 0 Å². The fraction of sp³-hybridized carbons (Fsp3) is 0.320. The second-order valence-corrected chi connectivity index (χ2v) is 8.22. The van der Waals surface area contributed by atoms with Crippen LogP contribution in [0.2, 0.25) is 0 Å². The van der Waals surface area contributed by atoms with Crippen molar-refractivity contribution in [3.05, 3.63) is 59.7 Å². The van der Waals surface area contributed by atoms with Gasteiger partial charge in [-0.25, -0.2) is 4.79 Å². The van der Waals surface area contributed by atoms with Crippen molar-refractivity contribution >= 4 is 18.0 Å². The molecule has 0 unspecified atom stereocenters.